The van der Waals surface area contributed by atoms with E-state index in [0.29, 0.717) is 5.57 Å². The van der Waals surface area contributed by atoms with Crippen molar-refractivity contribution in [1.29, 1.82) is 0 Å². The second-order valence-electron chi connectivity index (χ2n) is 2.01. The molecule has 0 aliphatic rings. The van der Waals surface area contributed by atoms with Crippen LogP contribution in [0.4, 0.5) is 0 Å². The van der Waals surface area contributed by atoms with Crippen LogP contribution >= 0.6 is 0 Å². The summed E-state index contributed by atoms with van der Waals surface area (Å²) in [6.45, 7) is 2.61. The standard InChI is InChI=1S/C7H11NO3/c1-3-5(2)7(11)8-6(10)4-9/h3,9H,4H2,1-2H3,(H,8,10,11)/b5-3+. The molecule has 0 aromatic heterocycles. The van der Waals surface area contributed by atoms with Crippen molar-refractivity contribution in [3.63, 3.8) is 0 Å². The number of imide groups is 1. The van der Waals surface area contributed by atoms with E-state index in [1.54, 1.807) is 19.9 Å². The van der Waals surface area contributed by atoms with Crippen LogP contribution in [-0.4, -0.2) is 23.5 Å². The van der Waals surface area contributed by atoms with Crippen LogP contribution < -0.4 is 5.32 Å². The third-order valence-electron chi connectivity index (χ3n) is 1.19. The maximum absolute atomic E-state index is 10.8. The third kappa shape index (κ3) is 3.52. The van der Waals surface area contributed by atoms with Gasteiger partial charge in [0, 0.05) is 5.57 Å². The number of rotatable bonds is 2. The summed E-state index contributed by atoms with van der Waals surface area (Å²) in [6.07, 6.45) is 1.58. The van der Waals surface area contributed by atoms with Gasteiger partial charge in [0.25, 0.3) is 11.8 Å². The average Bonchev–Trinajstić information content (AvgIpc) is 2.02. The highest BCUT2D eigenvalue weighted by Gasteiger charge is 2.06. The van der Waals surface area contributed by atoms with Crippen LogP contribution in [0.2, 0.25) is 0 Å². The zero-order valence-electron chi connectivity index (χ0n) is 6.55. The fourth-order valence-corrected chi connectivity index (χ4v) is 0.396. The minimum absolute atomic E-state index is 0.451. The number of aliphatic hydroxyl groups is 1. The van der Waals surface area contributed by atoms with Gasteiger partial charge < -0.3 is 5.11 Å². The molecule has 0 aromatic rings. The van der Waals surface area contributed by atoms with Gasteiger partial charge in [0.05, 0.1) is 0 Å². The Labute approximate surface area is 64.9 Å². The Morgan fingerprint density at radius 3 is 2.45 bits per heavy atom. The van der Waals surface area contributed by atoms with Crippen molar-refractivity contribution in [1.82, 2.24) is 5.32 Å². The molecule has 0 atom stereocenters. The molecule has 0 radical (unpaired) electrons. The van der Waals surface area contributed by atoms with Crippen LogP contribution in [0.5, 0.6) is 0 Å². The van der Waals surface area contributed by atoms with Crippen LogP contribution in [0.25, 0.3) is 0 Å². The number of allylic oxidation sites excluding steroid dienone is 1. The first-order chi connectivity index (χ1) is 5.11. The zero-order valence-corrected chi connectivity index (χ0v) is 6.55. The second-order valence-corrected chi connectivity index (χ2v) is 2.01. The van der Waals surface area contributed by atoms with Crippen LogP contribution in [0.1, 0.15) is 13.8 Å². The number of carbonyl (C=O) groups excluding carboxylic acids is 2. The van der Waals surface area contributed by atoms with Crippen molar-refractivity contribution in [3.8, 4) is 0 Å². The lowest BCUT2D eigenvalue weighted by atomic mass is 10.3. The van der Waals surface area contributed by atoms with Crippen LogP contribution in [0.15, 0.2) is 11.6 Å². The molecule has 11 heavy (non-hydrogen) atoms. The van der Waals surface area contributed by atoms with Gasteiger partial charge in [0.1, 0.15) is 6.61 Å². The summed E-state index contributed by atoms with van der Waals surface area (Å²) in [7, 11) is 0. The van der Waals surface area contributed by atoms with Crippen LogP contribution in [-0.2, 0) is 9.59 Å². The summed E-state index contributed by atoms with van der Waals surface area (Å²) in [5, 5.41) is 10.2. The van der Waals surface area contributed by atoms with Gasteiger partial charge in [-0.05, 0) is 13.8 Å². The van der Waals surface area contributed by atoms with E-state index in [-0.39, 0.29) is 0 Å². The number of nitrogens with one attached hydrogen (secondary N) is 1. The number of hydrogen-bond acceptors (Lipinski definition) is 3. The second kappa shape index (κ2) is 4.62. The van der Waals surface area contributed by atoms with Crippen molar-refractivity contribution >= 4 is 11.8 Å². The van der Waals surface area contributed by atoms with Gasteiger partial charge in [0.2, 0.25) is 0 Å². The molecule has 2 amide bonds. The van der Waals surface area contributed by atoms with Gasteiger partial charge in [-0.25, -0.2) is 0 Å². The lowest BCUT2D eigenvalue weighted by molar-refractivity contribution is -0.130. The molecule has 4 heteroatoms. The van der Waals surface area contributed by atoms with Crippen LogP contribution in [0.3, 0.4) is 0 Å². The Hall–Kier alpha value is -1.16. The number of carbonyl (C=O) groups is 2. The van der Waals surface area contributed by atoms with Gasteiger partial charge in [-0.3, -0.25) is 14.9 Å². The monoisotopic (exact) mass is 157 g/mol. The van der Waals surface area contributed by atoms with E-state index in [2.05, 4.69) is 0 Å². The normalized spacial score (nSPS) is 11.0. The molecule has 4 nitrogen and oxygen atoms in total. The first kappa shape index (κ1) is 9.84. The minimum Gasteiger partial charge on any atom is -0.387 e. The summed E-state index contributed by atoms with van der Waals surface area (Å²) < 4.78 is 0. The largest absolute Gasteiger partial charge is 0.387 e. The first-order valence-electron chi connectivity index (χ1n) is 3.19. The molecule has 0 aliphatic carbocycles. The SMILES string of the molecule is C/C=C(\C)C(=O)NC(=O)CO. The highest BCUT2D eigenvalue weighted by atomic mass is 16.3. The quantitative estimate of drug-likeness (QED) is 0.535. The fourth-order valence-electron chi connectivity index (χ4n) is 0.396. The predicted molar refractivity (Wildman–Crippen MR) is 39.7 cm³/mol. The van der Waals surface area contributed by atoms with E-state index in [9.17, 15) is 9.59 Å². The molecule has 0 spiro atoms. The molecule has 0 aliphatic heterocycles. The summed E-state index contributed by atoms with van der Waals surface area (Å²) >= 11 is 0. The lowest BCUT2D eigenvalue weighted by Crippen LogP contribution is -2.32. The molecule has 2 N–H and O–H groups in total. The van der Waals surface area contributed by atoms with Gasteiger partial charge in [-0.15, -0.1) is 0 Å². The average molecular weight is 157 g/mol. The Morgan fingerprint density at radius 2 is 2.09 bits per heavy atom. The molecule has 0 bridgehead atoms. The van der Waals surface area contributed by atoms with E-state index in [1.807, 2.05) is 5.32 Å². The number of amides is 2. The molecule has 0 heterocycles. The summed E-state index contributed by atoms with van der Waals surface area (Å²) in [5.41, 5.74) is 0.451. The Balaban J connectivity index is 3.98. The third-order valence-corrected chi connectivity index (χ3v) is 1.19. The molecule has 0 unspecified atom stereocenters. The van der Waals surface area contributed by atoms with Gasteiger partial charge in [-0.2, -0.15) is 0 Å². The zero-order chi connectivity index (χ0) is 8.85. The molecule has 62 valence electrons. The van der Waals surface area contributed by atoms with Gasteiger partial charge in [-0.1, -0.05) is 6.08 Å². The maximum Gasteiger partial charge on any atom is 0.253 e. The number of hydrogen-bond donors (Lipinski definition) is 2. The molecule has 0 saturated carbocycles. The minimum atomic E-state index is -0.684. The lowest BCUT2D eigenvalue weighted by Gasteiger charge is -1.99. The molecular formula is C7H11NO3. The first-order valence-corrected chi connectivity index (χ1v) is 3.19. The van der Waals surface area contributed by atoms with E-state index >= 15 is 0 Å². The molecule has 0 aromatic carbocycles. The molecule has 0 saturated heterocycles. The topological polar surface area (TPSA) is 66.4 Å². The van der Waals surface area contributed by atoms with Crippen LogP contribution in [0, 0.1) is 0 Å². The van der Waals surface area contributed by atoms with Crippen molar-refractivity contribution in [2.45, 2.75) is 13.8 Å². The van der Waals surface area contributed by atoms with E-state index in [1.165, 1.54) is 0 Å². The van der Waals surface area contributed by atoms with E-state index in [0.717, 1.165) is 0 Å². The summed E-state index contributed by atoms with van der Waals surface area (Å²) in [5.74, 6) is -1.15. The Kier molecular flexibility index (Phi) is 4.14. The fraction of sp³-hybridized carbons (Fsp3) is 0.429. The highest BCUT2D eigenvalue weighted by molar-refractivity contribution is 6.04. The maximum atomic E-state index is 10.8. The smallest absolute Gasteiger partial charge is 0.253 e. The predicted octanol–water partition coefficient (Wildman–Crippen LogP) is -0.412. The van der Waals surface area contributed by atoms with Crippen molar-refractivity contribution in [3.05, 3.63) is 11.6 Å². The van der Waals surface area contributed by atoms with E-state index < -0.39 is 18.4 Å². The molecule has 0 fully saturated rings. The van der Waals surface area contributed by atoms with Crippen molar-refractivity contribution < 1.29 is 14.7 Å². The van der Waals surface area contributed by atoms with Crippen molar-refractivity contribution in [2.24, 2.45) is 0 Å². The molecule has 0 rings (SSSR count). The number of aliphatic hydroxyl groups excluding tert-OH is 1. The summed E-state index contributed by atoms with van der Waals surface area (Å²) in [4.78, 5) is 21.3. The van der Waals surface area contributed by atoms with Crippen molar-refractivity contribution in [2.75, 3.05) is 6.61 Å². The van der Waals surface area contributed by atoms with Gasteiger partial charge >= 0.3 is 0 Å². The van der Waals surface area contributed by atoms with Gasteiger partial charge in [0.15, 0.2) is 0 Å². The highest BCUT2D eigenvalue weighted by Crippen LogP contribution is 1.89. The summed E-state index contributed by atoms with van der Waals surface area (Å²) in [6, 6.07) is 0. The Morgan fingerprint density at radius 1 is 1.55 bits per heavy atom. The molecular weight excluding hydrogens is 146 g/mol. The van der Waals surface area contributed by atoms with E-state index in [4.69, 9.17) is 5.11 Å². The Bertz CT molecular complexity index is 196.